The second kappa shape index (κ2) is 6.31. The zero-order valence-corrected chi connectivity index (χ0v) is 11.8. The first kappa shape index (κ1) is 13.6. The van der Waals surface area contributed by atoms with E-state index >= 15 is 0 Å². The van der Waals surface area contributed by atoms with Crippen molar-refractivity contribution in [3.05, 3.63) is 29.3 Å². The molecule has 0 saturated heterocycles. The van der Waals surface area contributed by atoms with Gasteiger partial charge >= 0.3 is 0 Å². The Kier molecular flexibility index (Phi) is 5.36. The molecule has 0 heterocycles. The molecule has 0 aliphatic heterocycles. The van der Waals surface area contributed by atoms with Gasteiger partial charge < -0.3 is 5.32 Å². The van der Waals surface area contributed by atoms with Crippen molar-refractivity contribution in [2.24, 2.45) is 0 Å². The molecule has 0 aliphatic rings. The van der Waals surface area contributed by atoms with Gasteiger partial charge in [0.05, 0.1) is 0 Å². The highest BCUT2D eigenvalue weighted by molar-refractivity contribution is 8.00. The van der Waals surface area contributed by atoms with Gasteiger partial charge in [-0.1, -0.05) is 19.9 Å². The summed E-state index contributed by atoms with van der Waals surface area (Å²) >= 11 is 1.95. The summed E-state index contributed by atoms with van der Waals surface area (Å²) in [7, 11) is 0. The molecule has 0 bridgehead atoms. The van der Waals surface area contributed by atoms with Crippen LogP contribution in [0.1, 0.15) is 31.9 Å². The lowest BCUT2D eigenvalue weighted by Crippen LogP contribution is -2.33. The van der Waals surface area contributed by atoms with Crippen LogP contribution in [-0.2, 0) is 0 Å². The number of hydrogen-bond donors (Lipinski definition) is 1. The molecule has 1 N–H and O–H groups in total. The van der Waals surface area contributed by atoms with E-state index in [0.29, 0.717) is 11.3 Å². The second-order valence-corrected chi connectivity index (χ2v) is 5.87. The lowest BCUT2D eigenvalue weighted by molar-refractivity contribution is 0.563. The standard InChI is InChI=1S/C14H23NS/c1-6-15-12(4)13(5)16-14-8-7-10(2)11(3)9-14/h7-9,12-13,15H,6H2,1-5H3. The van der Waals surface area contributed by atoms with Crippen LogP contribution in [-0.4, -0.2) is 17.8 Å². The molecule has 16 heavy (non-hydrogen) atoms. The topological polar surface area (TPSA) is 12.0 Å². The normalized spacial score (nSPS) is 14.8. The first-order valence-corrected chi connectivity index (χ1v) is 6.89. The molecule has 0 radical (unpaired) electrons. The van der Waals surface area contributed by atoms with Crippen molar-refractivity contribution in [1.29, 1.82) is 0 Å². The molecule has 2 atom stereocenters. The van der Waals surface area contributed by atoms with Crippen molar-refractivity contribution < 1.29 is 0 Å². The summed E-state index contributed by atoms with van der Waals surface area (Å²) in [6.07, 6.45) is 0. The Hall–Kier alpha value is -0.470. The lowest BCUT2D eigenvalue weighted by atomic mass is 10.1. The average Bonchev–Trinajstić information content (AvgIpc) is 2.24. The maximum absolute atomic E-state index is 3.47. The molecule has 2 unspecified atom stereocenters. The number of hydrogen-bond acceptors (Lipinski definition) is 2. The first-order valence-electron chi connectivity index (χ1n) is 6.02. The predicted octanol–water partition coefficient (Wildman–Crippen LogP) is 3.78. The summed E-state index contributed by atoms with van der Waals surface area (Å²) in [6, 6.07) is 7.27. The summed E-state index contributed by atoms with van der Waals surface area (Å²) in [5, 5.41) is 4.07. The van der Waals surface area contributed by atoms with Gasteiger partial charge in [-0.25, -0.2) is 0 Å². The molecule has 1 nitrogen and oxygen atoms in total. The first-order chi connectivity index (χ1) is 7.54. The van der Waals surface area contributed by atoms with Gasteiger partial charge in [0.2, 0.25) is 0 Å². The lowest BCUT2D eigenvalue weighted by Gasteiger charge is -2.20. The molecule has 0 amide bonds. The van der Waals surface area contributed by atoms with Gasteiger partial charge in [-0.2, -0.15) is 0 Å². The van der Waals surface area contributed by atoms with Crippen LogP contribution in [0, 0.1) is 13.8 Å². The van der Waals surface area contributed by atoms with E-state index in [9.17, 15) is 0 Å². The molecule has 2 heteroatoms. The zero-order chi connectivity index (χ0) is 12.1. The molecule has 0 saturated carbocycles. The summed E-state index contributed by atoms with van der Waals surface area (Å²) in [4.78, 5) is 1.38. The van der Waals surface area contributed by atoms with Crippen molar-refractivity contribution in [2.75, 3.05) is 6.54 Å². The van der Waals surface area contributed by atoms with Crippen LogP contribution < -0.4 is 5.32 Å². The van der Waals surface area contributed by atoms with Gasteiger partial charge in [-0.3, -0.25) is 0 Å². The van der Waals surface area contributed by atoms with Gasteiger partial charge in [0.25, 0.3) is 0 Å². The summed E-state index contributed by atoms with van der Waals surface area (Å²) in [5.41, 5.74) is 2.75. The van der Waals surface area contributed by atoms with Crippen molar-refractivity contribution in [1.82, 2.24) is 5.32 Å². The Morgan fingerprint density at radius 3 is 2.44 bits per heavy atom. The van der Waals surface area contributed by atoms with Crippen LogP contribution in [0.3, 0.4) is 0 Å². The Bertz CT molecular complexity index is 336. The number of rotatable bonds is 5. The number of thioether (sulfide) groups is 1. The molecular weight excluding hydrogens is 214 g/mol. The Morgan fingerprint density at radius 1 is 1.19 bits per heavy atom. The Labute approximate surface area is 104 Å². The zero-order valence-electron chi connectivity index (χ0n) is 11.0. The molecule has 0 aromatic heterocycles. The summed E-state index contributed by atoms with van der Waals surface area (Å²) in [5.74, 6) is 0. The molecule has 1 aromatic rings. The summed E-state index contributed by atoms with van der Waals surface area (Å²) in [6.45, 7) is 12.1. The number of nitrogens with one attached hydrogen (secondary N) is 1. The molecule has 0 aliphatic carbocycles. The van der Waals surface area contributed by atoms with E-state index in [1.165, 1.54) is 16.0 Å². The Balaban J connectivity index is 2.62. The minimum Gasteiger partial charge on any atom is -0.313 e. The van der Waals surface area contributed by atoms with Crippen molar-refractivity contribution in [3.63, 3.8) is 0 Å². The van der Waals surface area contributed by atoms with Gasteiger partial charge in [-0.15, -0.1) is 11.8 Å². The highest BCUT2D eigenvalue weighted by atomic mass is 32.2. The van der Waals surface area contributed by atoms with E-state index in [1.807, 2.05) is 11.8 Å². The molecule has 1 rings (SSSR count). The van der Waals surface area contributed by atoms with Crippen molar-refractivity contribution >= 4 is 11.8 Å². The maximum Gasteiger partial charge on any atom is 0.0217 e. The van der Waals surface area contributed by atoms with E-state index < -0.39 is 0 Å². The minimum atomic E-state index is 0.552. The second-order valence-electron chi connectivity index (χ2n) is 4.42. The maximum atomic E-state index is 3.47. The van der Waals surface area contributed by atoms with Gasteiger partial charge in [0.1, 0.15) is 0 Å². The third-order valence-corrected chi connectivity index (χ3v) is 4.34. The number of benzene rings is 1. The fraction of sp³-hybridized carbons (Fsp3) is 0.571. The molecule has 0 spiro atoms. The SMILES string of the molecule is CCNC(C)C(C)Sc1ccc(C)c(C)c1. The molecule has 1 aromatic carbocycles. The molecule has 0 fully saturated rings. The van der Waals surface area contributed by atoms with E-state index in [-0.39, 0.29) is 0 Å². The van der Waals surface area contributed by atoms with Gasteiger partial charge in [-0.05, 0) is 50.6 Å². The molecular formula is C14H23NS. The van der Waals surface area contributed by atoms with E-state index in [0.717, 1.165) is 6.54 Å². The fourth-order valence-electron chi connectivity index (χ4n) is 1.59. The van der Waals surface area contributed by atoms with Gasteiger partial charge in [0, 0.05) is 16.2 Å². The highest BCUT2D eigenvalue weighted by Crippen LogP contribution is 2.26. The fourth-order valence-corrected chi connectivity index (χ4v) is 2.71. The smallest absolute Gasteiger partial charge is 0.0217 e. The third-order valence-electron chi connectivity index (χ3n) is 3.03. The third kappa shape index (κ3) is 3.84. The van der Waals surface area contributed by atoms with Crippen molar-refractivity contribution in [3.8, 4) is 0 Å². The van der Waals surface area contributed by atoms with E-state index in [1.54, 1.807) is 0 Å². The average molecular weight is 237 g/mol. The van der Waals surface area contributed by atoms with Crippen LogP contribution in [0.4, 0.5) is 0 Å². The van der Waals surface area contributed by atoms with E-state index in [2.05, 4.69) is 58.1 Å². The van der Waals surface area contributed by atoms with Crippen LogP contribution in [0.15, 0.2) is 23.1 Å². The Morgan fingerprint density at radius 2 is 1.88 bits per heavy atom. The van der Waals surface area contributed by atoms with Crippen LogP contribution in [0.25, 0.3) is 0 Å². The van der Waals surface area contributed by atoms with Crippen LogP contribution in [0.2, 0.25) is 0 Å². The quantitative estimate of drug-likeness (QED) is 0.782. The van der Waals surface area contributed by atoms with Gasteiger partial charge in [0.15, 0.2) is 0 Å². The molecule has 90 valence electrons. The minimum absolute atomic E-state index is 0.552. The highest BCUT2D eigenvalue weighted by Gasteiger charge is 2.12. The van der Waals surface area contributed by atoms with E-state index in [4.69, 9.17) is 0 Å². The predicted molar refractivity (Wildman–Crippen MR) is 74.4 cm³/mol. The van der Waals surface area contributed by atoms with Crippen molar-refractivity contribution in [2.45, 2.75) is 50.8 Å². The van der Waals surface area contributed by atoms with Crippen LogP contribution >= 0.6 is 11.8 Å². The monoisotopic (exact) mass is 237 g/mol. The summed E-state index contributed by atoms with van der Waals surface area (Å²) < 4.78 is 0. The largest absolute Gasteiger partial charge is 0.313 e. The van der Waals surface area contributed by atoms with Crippen LogP contribution in [0.5, 0.6) is 0 Å². The number of aryl methyl sites for hydroxylation is 2.